The highest BCUT2D eigenvalue weighted by Gasteiger charge is 2.18. The predicted molar refractivity (Wildman–Crippen MR) is 126 cm³/mol. The van der Waals surface area contributed by atoms with E-state index in [1.807, 2.05) is 36.5 Å². The van der Waals surface area contributed by atoms with E-state index in [1.165, 1.54) is 0 Å². The number of rotatable bonds is 6. The maximum Gasteiger partial charge on any atom is 0.167 e. The lowest BCUT2D eigenvalue weighted by atomic mass is 9.98. The maximum atomic E-state index is 12.7. The largest absolute Gasteiger partial charge is 0.294 e. The molecule has 0 aliphatic carbocycles. The standard InChI is InChI=1S/C26H19ClN4O/c27-20-7-2-6-19(15-20)24(32)14-18-5-1-4-17(12-18)13-23-21(8-3-10-28-23)25-26-22(9-11-29-26)30-16-31-25/h1-8,10-12,15-16H,9,13-14H2. The second kappa shape index (κ2) is 8.81. The van der Waals surface area contributed by atoms with Gasteiger partial charge in [-0.05, 0) is 35.4 Å². The lowest BCUT2D eigenvalue weighted by molar-refractivity contribution is 0.0993. The van der Waals surface area contributed by atoms with Gasteiger partial charge in [-0.1, -0.05) is 48.0 Å². The van der Waals surface area contributed by atoms with Gasteiger partial charge in [0.25, 0.3) is 0 Å². The van der Waals surface area contributed by atoms with Gasteiger partial charge in [-0.25, -0.2) is 9.97 Å². The first-order valence-corrected chi connectivity index (χ1v) is 10.7. The Morgan fingerprint density at radius 2 is 1.81 bits per heavy atom. The van der Waals surface area contributed by atoms with Crippen molar-refractivity contribution in [3.63, 3.8) is 0 Å². The minimum Gasteiger partial charge on any atom is -0.294 e. The number of nitrogens with zero attached hydrogens (tertiary/aromatic N) is 4. The summed E-state index contributed by atoms with van der Waals surface area (Å²) >= 11 is 6.03. The van der Waals surface area contributed by atoms with Gasteiger partial charge in [-0.2, -0.15) is 0 Å². The first-order chi connectivity index (χ1) is 15.7. The molecule has 0 radical (unpaired) electrons. The van der Waals surface area contributed by atoms with Gasteiger partial charge in [0, 0.05) is 47.8 Å². The van der Waals surface area contributed by atoms with Crippen LogP contribution in [-0.4, -0.2) is 26.9 Å². The van der Waals surface area contributed by atoms with Gasteiger partial charge in [0.05, 0.1) is 11.4 Å². The van der Waals surface area contributed by atoms with Gasteiger partial charge in [-0.3, -0.25) is 14.8 Å². The fourth-order valence-electron chi connectivity index (χ4n) is 3.91. The van der Waals surface area contributed by atoms with Crippen molar-refractivity contribution in [2.75, 3.05) is 0 Å². The van der Waals surface area contributed by atoms with Crippen LogP contribution in [-0.2, 0) is 19.3 Å². The molecule has 0 saturated heterocycles. The van der Waals surface area contributed by atoms with Gasteiger partial charge in [0.15, 0.2) is 5.78 Å². The summed E-state index contributed by atoms with van der Waals surface area (Å²) < 4.78 is 0. The van der Waals surface area contributed by atoms with E-state index in [0.717, 1.165) is 45.9 Å². The van der Waals surface area contributed by atoms with Crippen molar-refractivity contribution in [3.8, 4) is 11.3 Å². The molecule has 5 nitrogen and oxygen atoms in total. The molecule has 0 amide bonds. The van der Waals surface area contributed by atoms with Gasteiger partial charge in [0.1, 0.15) is 17.7 Å². The first kappa shape index (κ1) is 20.2. The van der Waals surface area contributed by atoms with Gasteiger partial charge in [0.2, 0.25) is 0 Å². The van der Waals surface area contributed by atoms with Crippen LogP contribution < -0.4 is 0 Å². The van der Waals surface area contributed by atoms with Crippen molar-refractivity contribution in [1.29, 1.82) is 0 Å². The van der Waals surface area contributed by atoms with Gasteiger partial charge < -0.3 is 0 Å². The maximum absolute atomic E-state index is 12.7. The van der Waals surface area contributed by atoms with Gasteiger partial charge >= 0.3 is 0 Å². The minimum absolute atomic E-state index is 0.0394. The number of halogens is 1. The van der Waals surface area contributed by atoms with Crippen LogP contribution in [0.1, 0.15) is 32.9 Å². The second-order valence-corrected chi connectivity index (χ2v) is 8.07. The average molecular weight is 439 g/mol. The van der Waals surface area contributed by atoms with Gasteiger partial charge in [-0.15, -0.1) is 0 Å². The predicted octanol–water partition coefficient (Wildman–Crippen LogP) is 5.47. The van der Waals surface area contributed by atoms with Crippen LogP contribution >= 0.6 is 11.6 Å². The summed E-state index contributed by atoms with van der Waals surface area (Å²) in [5, 5.41) is 0.563. The van der Waals surface area contributed by atoms with Crippen molar-refractivity contribution in [2.45, 2.75) is 19.3 Å². The third kappa shape index (κ3) is 4.20. The summed E-state index contributed by atoms with van der Waals surface area (Å²) in [4.78, 5) is 30.6. The minimum atomic E-state index is 0.0394. The zero-order valence-electron chi connectivity index (χ0n) is 17.2. The molecule has 0 bridgehead atoms. The molecule has 156 valence electrons. The lowest BCUT2D eigenvalue weighted by Gasteiger charge is -2.11. The number of aliphatic imine (C=N–C) groups is 1. The quantitative estimate of drug-likeness (QED) is 0.374. The smallest absolute Gasteiger partial charge is 0.167 e. The van der Waals surface area contributed by atoms with E-state index in [9.17, 15) is 4.79 Å². The Labute approximate surface area is 190 Å². The Kier molecular flexibility index (Phi) is 5.57. The van der Waals surface area contributed by atoms with Crippen molar-refractivity contribution in [1.82, 2.24) is 15.0 Å². The molecule has 0 fully saturated rings. The molecule has 0 unspecified atom stereocenters. The van der Waals surface area contributed by atoms with Crippen LogP contribution in [0, 0.1) is 0 Å². The Morgan fingerprint density at radius 3 is 2.72 bits per heavy atom. The number of hydrogen-bond donors (Lipinski definition) is 0. The van der Waals surface area contributed by atoms with Crippen LogP contribution in [0.4, 0.5) is 5.69 Å². The number of fused-ring (bicyclic) bond motifs is 1. The van der Waals surface area contributed by atoms with Crippen LogP contribution in [0.2, 0.25) is 5.02 Å². The van der Waals surface area contributed by atoms with Crippen molar-refractivity contribution in [3.05, 3.63) is 106 Å². The number of benzene rings is 2. The van der Waals surface area contributed by atoms with E-state index in [4.69, 9.17) is 11.6 Å². The average Bonchev–Trinajstić information content (AvgIpc) is 3.29. The summed E-state index contributed by atoms with van der Waals surface area (Å²) in [7, 11) is 0. The number of hydrogen-bond acceptors (Lipinski definition) is 5. The summed E-state index contributed by atoms with van der Waals surface area (Å²) in [5.74, 6) is 0.0394. The summed E-state index contributed by atoms with van der Waals surface area (Å²) in [6, 6.07) is 19.0. The molecule has 2 aromatic heterocycles. The molecule has 2 aromatic carbocycles. The van der Waals surface area contributed by atoms with Crippen molar-refractivity contribution < 1.29 is 4.79 Å². The molecule has 5 rings (SSSR count). The molecule has 0 saturated carbocycles. The lowest BCUT2D eigenvalue weighted by Crippen LogP contribution is -2.04. The number of carbonyl (C=O) groups excluding carboxylic acids is 1. The van der Waals surface area contributed by atoms with E-state index in [1.54, 1.807) is 36.8 Å². The first-order valence-electron chi connectivity index (χ1n) is 10.3. The Morgan fingerprint density at radius 1 is 0.938 bits per heavy atom. The highest BCUT2D eigenvalue weighted by molar-refractivity contribution is 6.31. The monoisotopic (exact) mass is 438 g/mol. The Bertz CT molecular complexity index is 1350. The summed E-state index contributed by atoms with van der Waals surface area (Å²) in [5.41, 5.74) is 7.08. The van der Waals surface area contributed by atoms with E-state index in [2.05, 4.69) is 26.0 Å². The van der Waals surface area contributed by atoms with Crippen LogP contribution in [0.25, 0.3) is 11.3 Å². The Hall–Kier alpha value is -3.70. The Balaban J connectivity index is 1.41. The summed E-state index contributed by atoms with van der Waals surface area (Å²) in [6.45, 7) is 0. The molecule has 0 N–H and O–H groups in total. The topological polar surface area (TPSA) is 68.1 Å². The molecule has 0 spiro atoms. The molecule has 1 aliphatic rings. The molecular formula is C26H19ClN4O. The number of ketones is 1. The number of pyridine rings is 1. The molecule has 3 heterocycles. The summed E-state index contributed by atoms with van der Waals surface area (Å²) in [6.07, 6.45) is 6.90. The van der Waals surface area contributed by atoms with Crippen LogP contribution in [0.15, 0.2) is 78.2 Å². The SMILES string of the molecule is O=C(Cc1cccc(Cc2ncccc2-c2ncnc3c2N=CC3)c1)c1cccc(Cl)c1. The zero-order valence-corrected chi connectivity index (χ0v) is 18.0. The van der Waals surface area contributed by atoms with E-state index in [0.29, 0.717) is 23.4 Å². The molecular weight excluding hydrogens is 420 g/mol. The molecule has 0 atom stereocenters. The molecule has 1 aliphatic heterocycles. The number of carbonyl (C=O) groups is 1. The zero-order chi connectivity index (χ0) is 21.9. The number of aromatic nitrogens is 3. The van der Waals surface area contributed by atoms with E-state index in [-0.39, 0.29) is 5.78 Å². The van der Waals surface area contributed by atoms with Crippen LogP contribution in [0.3, 0.4) is 0 Å². The molecule has 32 heavy (non-hydrogen) atoms. The van der Waals surface area contributed by atoms with E-state index < -0.39 is 0 Å². The highest BCUT2D eigenvalue weighted by Crippen LogP contribution is 2.34. The highest BCUT2D eigenvalue weighted by atomic mass is 35.5. The third-order valence-corrected chi connectivity index (χ3v) is 5.66. The molecule has 4 aromatic rings. The van der Waals surface area contributed by atoms with Crippen molar-refractivity contribution >= 4 is 29.3 Å². The second-order valence-electron chi connectivity index (χ2n) is 7.64. The molecule has 6 heteroatoms. The fraction of sp³-hybridized carbons (Fsp3) is 0.115. The van der Waals surface area contributed by atoms with Crippen molar-refractivity contribution in [2.24, 2.45) is 4.99 Å². The van der Waals surface area contributed by atoms with Crippen LogP contribution in [0.5, 0.6) is 0 Å². The number of Topliss-reactive ketones (excluding diaryl/α,β-unsaturated/α-hetero) is 1. The van der Waals surface area contributed by atoms with E-state index >= 15 is 0 Å². The normalized spacial score (nSPS) is 12.0. The third-order valence-electron chi connectivity index (χ3n) is 5.42. The fourth-order valence-corrected chi connectivity index (χ4v) is 4.10.